The van der Waals surface area contributed by atoms with Crippen LogP contribution in [0.25, 0.3) is 6.08 Å². The summed E-state index contributed by atoms with van der Waals surface area (Å²) in [5.41, 5.74) is 1.31. The molecule has 7 nitrogen and oxygen atoms in total. The van der Waals surface area contributed by atoms with E-state index in [1.807, 2.05) is 18.5 Å². The van der Waals surface area contributed by atoms with E-state index in [1.54, 1.807) is 6.08 Å². The maximum Gasteiger partial charge on any atom is 0.305 e. The SMILES string of the molecule is CCCCC[C@@H](O)c1c(/C=C/[C@@H](O)[C@@H](O)CCCC(=O)OC)nc(C)n1C. The van der Waals surface area contributed by atoms with Crippen LogP contribution in [-0.4, -0.2) is 50.2 Å². The summed E-state index contributed by atoms with van der Waals surface area (Å²) in [5.74, 6) is 0.435. The van der Waals surface area contributed by atoms with E-state index < -0.39 is 18.3 Å². The number of hydrogen-bond acceptors (Lipinski definition) is 6. The van der Waals surface area contributed by atoms with Gasteiger partial charge in [-0.15, -0.1) is 0 Å². The van der Waals surface area contributed by atoms with Crippen molar-refractivity contribution < 1.29 is 24.9 Å². The van der Waals surface area contributed by atoms with Crippen molar-refractivity contribution in [1.29, 1.82) is 0 Å². The predicted molar refractivity (Wildman–Crippen MR) is 104 cm³/mol. The average Bonchev–Trinajstić information content (AvgIpc) is 2.93. The fourth-order valence-electron chi connectivity index (χ4n) is 2.94. The van der Waals surface area contributed by atoms with E-state index in [9.17, 15) is 20.1 Å². The molecule has 0 spiro atoms. The number of carbonyl (C=O) groups excluding carboxylic acids is 1. The first-order valence-corrected chi connectivity index (χ1v) is 9.64. The molecule has 0 unspecified atom stereocenters. The van der Waals surface area contributed by atoms with Crippen LogP contribution >= 0.6 is 0 Å². The van der Waals surface area contributed by atoms with Gasteiger partial charge in [0.1, 0.15) is 5.82 Å². The quantitative estimate of drug-likeness (QED) is 0.379. The molecule has 3 atom stereocenters. The standard InChI is InChI=1S/C20H34N2O5/c1-5-6-7-9-18(25)20-15(21-14(2)22(20)3)12-13-17(24)16(23)10-8-11-19(26)27-4/h12-13,16-18,23-25H,5-11H2,1-4H3/b13-12+/t16-,17+,18+/m0/s1. The molecule has 0 amide bonds. The van der Waals surface area contributed by atoms with Gasteiger partial charge in [0.05, 0.1) is 36.8 Å². The Morgan fingerprint density at radius 1 is 1.22 bits per heavy atom. The molecule has 1 rings (SSSR count). The van der Waals surface area contributed by atoms with Gasteiger partial charge in [0.15, 0.2) is 0 Å². The minimum Gasteiger partial charge on any atom is -0.469 e. The molecule has 0 aliphatic heterocycles. The topological polar surface area (TPSA) is 105 Å². The van der Waals surface area contributed by atoms with E-state index in [-0.39, 0.29) is 18.8 Å². The summed E-state index contributed by atoms with van der Waals surface area (Å²) in [4.78, 5) is 15.5. The van der Waals surface area contributed by atoms with Crippen molar-refractivity contribution in [2.45, 2.75) is 77.1 Å². The monoisotopic (exact) mass is 382 g/mol. The lowest BCUT2D eigenvalue weighted by atomic mass is 10.0. The van der Waals surface area contributed by atoms with Gasteiger partial charge in [-0.05, 0) is 32.3 Å². The van der Waals surface area contributed by atoms with Gasteiger partial charge >= 0.3 is 5.97 Å². The smallest absolute Gasteiger partial charge is 0.305 e. The first kappa shape index (κ1) is 23.3. The molecule has 1 aromatic heterocycles. The third-order valence-electron chi connectivity index (χ3n) is 4.74. The summed E-state index contributed by atoms with van der Waals surface area (Å²) >= 11 is 0. The number of nitrogens with zero attached hydrogens (tertiary/aromatic N) is 2. The number of carbonyl (C=O) groups is 1. The molecule has 0 aliphatic carbocycles. The molecule has 0 saturated heterocycles. The Bertz CT molecular complexity index is 612. The van der Waals surface area contributed by atoms with Gasteiger partial charge in [-0.25, -0.2) is 4.98 Å². The maximum atomic E-state index is 11.1. The van der Waals surface area contributed by atoms with Gasteiger partial charge in [0.25, 0.3) is 0 Å². The number of hydrogen-bond donors (Lipinski definition) is 3. The van der Waals surface area contributed by atoms with Crippen molar-refractivity contribution in [1.82, 2.24) is 9.55 Å². The summed E-state index contributed by atoms with van der Waals surface area (Å²) < 4.78 is 6.41. The highest BCUT2D eigenvalue weighted by molar-refractivity contribution is 5.69. The van der Waals surface area contributed by atoms with E-state index in [0.29, 0.717) is 24.2 Å². The largest absolute Gasteiger partial charge is 0.469 e. The number of aromatic nitrogens is 2. The van der Waals surface area contributed by atoms with Gasteiger partial charge < -0.3 is 24.6 Å². The summed E-state index contributed by atoms with van der Waals surface area (Å²) in [5, 5.41) is 30.7. The third-order valence-corrected chi connectivity index (χ3v) is 4.74. The van der Waals surface area contributed by atoms with Crippen LogP contribution in [-0.2, 0) is 16.6 Å². The minimum atomic E-state index is -1.07. The maximum absolute atomic E-state index is 11.1. The summed E-state index contributed by atoms with van der Waals surface area (Å²) in [6.45, 7) is 3.98. The number of ether oxygens (including phenoxy) is 1. The van der Waals surface area contributed by atoms with Crippen LogP contribution in [0.15, 0.2) is 6.08 Å². The lowest BCUT2D eigenvalue weighted by Crippen LogP contribution is -2.23. The molecule has 154 valence electrons. The van der Waals surface area contributed by atoms with Crippen molar-refractivity contribution in [2.24, 2.45) is 7.05 Å². The lowest BCUT2D eigenvalue weighted by molar-refractivity contribution is -0.140. The highest BCUT2D eigenvalue weighted by Gasteiger charge is 2.19. The normalized spacial score (nSPS) is 15.1. The van der Waals surface area contributed by atoms with Gasteiger partial charge in [-0.3, -0.25) is 4.79 Å². The van der Waals surface area contributed by atoms with Crippen LogP contribution in [0.2, 0.25) is 0 Å². The lowest BCUT2D eigenvalue weighted by Gasteiger charge is -2.15. The Labute approximate surface area is 161 Å². The highest BCUT2D eigenvalue weighted by Crippen LogP contribution is 2.25. The number of methoxy groups -OCH3 is 1. The Morgan fingerprint density at radius 3 is 2.56 bits per heavy atom. The Kier molecular flexibility index (Phi) is 10.3. The molecule has 0 aliphatic rings. The van der Waals surface area contributed by atoms with Gasteiger partial charge in [0, 0.05) is 13.5 Å². The van der Waals surface area contributed by atoms with Gasteiger partial charge in [0.2, 0.25) is 0 Å². The van der Waals surface area contributed by atoms with Crippen LogP contribution in [0.5, 0.6) is 0 Å². The Balaban J connectivity index is 2.73. The van der Waals surface area contributed by atoms with Crippen molar-refractivity contribution in [3.8, 4) is 0 Å². The molecular weight excluding hydrogens is 348 g/mol. The predicted octanol–water partition coefficient (Wildman–Crippen LogP) is 2.42. The average molecular weight is 383 g/mol. The number of unbranched alkanes of at least 4 members (excludes halogenated alkanes) is 2. The van der Waals surface area contributed by atoms with Crippen molar-refractivity contribution >= 4 is 12.0 Å². The van der Waals surface area contributed by atoms with Crippen molar-refractivity contribution in [2.75, 3.05) is 7.11 Å². The second-order valence-electron chi connectivity index (χ2n) is 6.89. The number of rotatable bonds is 12. The molecule has 1 aromatic rings. The van der Waals surface area contributed by atoms with Crippen LogP contribution in [0.3, 0.4) is 0 Å². The zero-order chi connectivity index (χ0) is 20.4. The summed E-state index contributed by atoms with van der Waals surface area (Å²) in [6, 6.07) is 0. The first-order valence-electron chi connectivity index (χ1n) is 9.64. The number of aliphatic hydroxyl groups excluding tert-OH is 3. The van der Waals surface area contributed by atoms with E-state index in [1.165, 1.54) is 13.2 Å². The van der Waals surface area contributed by atoms with Crippen LogP contribution in [0.1, 0.15) is 75.2 Å². The molecule has 0 aromatic carbocycles. The summed E-state index contributed by atoms with van der Waals surface area (Å²) in [7, 11) is 3.18. The van der Waals surface area contributed by atoms with Crippen LogP contribution < -0.4 is 0 Å². The van der Waals surface area contributed by atoms with Gasteiger partial charge in [-0.1, -0.05) is 32.3 Å². The number of aryl methyl sites for hydroxylation is 1. The second-order valence-corrected chi connectivity index (χ2v) is 6.89. The van der Waals surface area contributed by atoms with E-state index in [0.717, 1.165) is 25.1 Å². The van der Waals surface area contributed by atoms with E-state index in [2.05, 4.69) is 16.6 Å². The fourth-order valence-corrected chi connectivity index (χ4v) is 2.94. The van der Waals surface area contributed by atoms with E-state index in [4.69, 9.17) is 0 Å². The highest BCUT2D eigenvalue weighted by atomic mass is 16.5. The van der Waals surface area contributed by atoms with Crippen LogP contribution in [0.4, 0.5) is 0 Å². The van der Waals surface area contributed by atoms with Crippen LogP contribution in [0, 0.1) is 6.92 Å². The molecule has 27 heavy (non-hydrogen) atoms. The molecule has 7 heteroatoms. The minimum absolute atomic E-state index is 0.206. The number of aliphatic hydroxyl groups is 3. The third kappa shape index (κ3) is 7.44. The number of imidazole rings is 1. The zero-order valence-corrected chi connectivity index (χ0v) is 16.9. The molecule has 0 radical (unpaired) electrons. The summed E-state index contributed by atoms with van der Waals surface area (Å²) in [6.07, 6.45) is 5.12. The van der Waals surface area contributed by atoms with Crippen molar-refractivity contribution in [3.05, 3.63) is 23.3 Å². The molecule has 0 saturated carbocycles. The van der Waals surface area contributed by atoms with E-state index >= 15 is 0 Å². The second kappa shape index (κ2) is 11.9. The molecule has 0 fully saturated rings. The molecule has 3 N–H and O–H groups in total. The Hall–Kier alpha value is -1.70. The van der Waals surface area contributed by atoms with Crippen molar-refractivity contribution in [3.63, 3.8) is 0 Å². The fraction of sp³-hybridized carbons (Fsp3) is 0.700. The Morgan fingerprint density at radius 2 is 1.93 bits per heavy atom. The number of esters is 1. The van der Waals surface area contributed by atoms with Gasteiger partial charge in [-0.2, -0.15) is 0 Å². The zero-order valence-electron chi connectivity index (χ0n) is 16.9. The molecule has 1 heterocycles. The molecule has 0 bridgehead atoms. The molecular formula is C20H34N2O5. The first-order chi connectivity index (χ1) is 12.8.